The minimum absolute atomic E-state index is 0.632. The van der Waals surface area contributed by atoms with Crippen molar-refractivity contribution in [2.75, 3.05) is 9.34 Å². The van der Waals surface area contributed by atoms with Crippen molar-refractivity contribution < 1.29 is 13.4 Å². The Bertz CT molecular complexity index is 2280. The number of allylic oxidation sites excluding steroid dienone is 1. The van der Waals surface area contributed by atoms with Gasteiger partial charge in [-0.05, 0) is 61.5 Å². The van der Waals surface area contributed by atoms with Crippen molar-refractivity contribution in [2.45, 2.75) is 6.92 Å². The predicted molar refractivity (Wildman–Crippen MR) is 178 cm³/mol. The summed E-state index contributed by atoms with van der Waals surface area (Å²) in [5, 5.41) is 3.55. The normalized spacial score (nSPS) is 16.8. The molecule has 3 heterocycles. The largest absolute Gasteiger partial charge is 0.456 e. The van der Waals surface area contributed by atoms with Gasteiger partial charge in [-0.15, -0.1) is 0 Å². The molecule has 0 spiro atoms. The van der Waals surface area contributed by atoms with Gasteiger partial charge < -0.3 is 8.83 Å². The maximum Gasteiger partial charge on any atom is 0.301 e. The van der Waals surface area contributed by atoms with Crippen LogP contribution in [0.2, 0.25) is 0 Å². The Morgan fingerprint density at radius 2 is 1.28 bits per heavy atom. The van der Waals surface area contributed by atoms with Crippen LogP contribution in [0.5, 0.6) is 0 Å². The minimum Gasteiger partial charge on any atom is -0.456 e. The van der Waals surface area contributed by atoms with E-state index < -0.39 is 7.44 Å². The Labute approximate surface area is 249 Å². The van der Waals surface area contributed by atoms with E-state index in [1.165, 1.54) is 0 Å². The first-order valence-corrected chi connectivity index (χ1v) is 15.8. The summed E-state index contributed by atoms with van der Waals surface area (Å²) < 4.78 is 33.0. The van der Waals surface area contributed by atoms with Crippen molar-refractivity contribution in [2.24, 2.45) is 0 Å². The number of hydrogen-bond acceptors (Lipinski definition) is 3. The summed E-state index contributed by atoms with van der Waals surface area (Å²) in [5.41, 5.74) is 6.43. The molecule has 8 rings (SSSR count). The molecule has 0 saturated carbocycles. The van der Waals surface area contributed by atoms with Gasteiger partial charge in [-0.3, -0.25) is 13.9 Å². The van der Waals surface area contributed by atoms with Crippen molar-refractivity contribution in [3.63, 3.8) is 0 Å². The van der Waals surface area contributed by atoms with Crippen molar-refractivity contribution >= 4 is 74.5 Å². The summed E-state index contributed by atoms with van der Waals surface area (Å²) >= 11 is 0. The highest BCUT2D eigenvalue weighted by Gasteiger charge is 2.50. The third kappa shape index (κ3) is 3.55. The standard InChI is InChI=1S/C37H27N2O3P/c1-3-28(36-26-17-8-12-22-33(26)41-32(36)4-2)38-29-19-10-11-20-30(29)39(43(38,40)25-15-6-5-7-16-25)31-21-14-24-35-37(31)27-18-9-13-23-34(27)42-35/h3-24H,2H2,1H3/b28-3+. The van der Waals surface area contributed by atoms with Crippen molar-refractivity contribution in [1.82, 2.24) is 0 Å². The Morgan fingerprint density at radius 1 is 0.674 bits per heavy atom. The first kappa shape index (κ1) is 25.5. The highest BCUT2D eigenvalue weighted by molar-refractivity contribution is 7.76. The number of furan rings is 2. The molecule has 0 bridgehead atoms. The van der Waals surface area contributed by atoms with Gasteiger partial charge >= 0.3 is 7.44 Å². The van der Waals surface area contributed by atoms with Crippen molar-refractivity contribution in [1.29, 1.82) is 0 Å². The van der Waals surface area contributed by atoms with Crippen LogP contribution >= 0.6 is 7.44 Å². The molecule has 0 aliphatic carbocycles. The predicted octanol–water partition coefficient (Wildman–Crippen LogP) is 10.5. The second-order valence-electron chi connectivity index (χ2n) is 10.5. The average Bonchev–Trinajstić information content (AvgIpc) is 3.71. The maximum atomic E-state index is 16.4. The van der Waals surface area contributed by atoms with Crippen LogP contribution in [0.3, 0.4) is 0 Å². The summed E-state index contributed by atoms with van der Waals surface area (Å²) in [5.74, 6) is 0.632. The summed E-state index contributed by atoms with van der Waals surface area (Å²) in [6, 6.07) is 39.7. The Balaban J connectivity index is 1.48. The van der Waals surface area contributed by atoms with Gasteiger partial charge in [-0.1, -0.05) is 85.5 Å². The minimum atomic E-state index is -3.65. The number of anilines is 3. The quantitative estimate of drug-likeness (QED) is 0.190. The van der Waals surface area contributed by atoms with E-state index in [4.69, 9.17) is 8.83 Å². The summed E-state index contributed by atoms with van der Waals surface area (Å²) in [6.45, 7) is 6.04. The smallest absolute Gasteiger partial charge is 0.301 e. The van der Waals surface area contributed by atoms with Gasteiger partial charge in [0, 0.05) is 10.8 Å². The lowest BCUT2D eigenvalue weighted by Crippen LogP contribution is -2.28. The molecule has 2 aromatic heterocycles. The number of fused-ring (bicyclic) bond motifs is 5. The Morgan fingerprint density at radius 3 is 2.02 bits per heavy atom. The second kappa shape index (κ2) is 9.65. The van der Waals surface area contributed by atoms with Gasteiger partial charge in [0.05, 0.1) is 39.0 Å². The molecule has 1 atom stereocenters. The molecule has 7 aromatic rings. The van der Waals surface area contributed by atoms with Gasteiger partial charge in [0.1, 0.15) is 22.5 Å². The number of para-hydroxylation sites is 4. The fourth-order valence-electron chi connectivity index (χ4n) is 6.39. The molecule has 5 aromatic carbocycles. The third-order valence-electron chi connectivity index (χ3n) is 8.15. The number of hydrogen-bond donors (Lipinski definition) is 0. The molecule has 0 amide bonds. The lowest BCUT2D eigenvalue weighted by atomic mass is 10.1. The monoisotopic (exact) mass is 578 g/mol. The van der Waals surface area contributed by atoms with Crippen LogP contribution in [0.1, 0.15) is 18.2 Å². The molecule has 208 valence electrons. The maximum absolute atomic E-state index is 16.4. The molecule has 5 nitrogen and oxygen atoms in total. The van der Waals surface area contributed by atoms with Crippen LogP contribution in [0, 0.1) is 0 Å². The highest BCUT2D eigenvalue weighted by Crippen LogP contribution is 2.70. The van der Waals surface area contributed by atoms with E-state index >= 15 is 4.57 Å². The van der Waals surface area contributed by atoms with Gasteiger partial charge in [0.15, 0.2) is 0 Å². The van der Waals surface area contributed by atoms with Crippen LogP contribution in [0.25, 0.3) is 44.7 Å². The van der Waals surface area contributed by atoms with E-state index in [1.54, 1.807) is 6.08 Å². The molecule has 1 aliphatic heterocycles. The van der Waals surface area contributed by atoms with Crippen LogP contribution < -0.4 is 14.6 Å². The number of nitrogens with zero attached hydrogens (tertiary/aromatic N) is 2. The second-order valence-corrected chi connectivity index (χ2v) is 12.9. The van der Waals surface area contributed by atoms with E-state index in [2.05, 4.69) is 12.6 Å². The SMILES string of the molecule is C=Cc1oc2ccccc2c1/C(=C\C)N1c2ccccc2N(c2cccc3oc4ccccc4c23)P1(=O)c1ccccc1. The summed E-state index contributed by atoms with van der Waals surface area (Å²) in [4.78, 5) is 0. The lowest BCUT2D eigenvalue weighted by molar-refractivity contribution is 0.582. The zero-order valence-corrected chi connectivity index (χ0v) is 24.4. The van der Waals surface area contributed by atoms with E-state index in [0.717, 1.165) is 61.2 Å². The molecule has 1 aliphatic rings. The van der Waals surface area contributed by atoms with Gasteiger partial charge in [-0.2, -0.15) is 0 Å². The Hall–Kier alpha value is -5.25. The molecule has 0 radical (unpaired) electrons. The van der Waals surface area contributed by atoms with Gasteiger partial charge in [0.25, 0.3) is 0 Å². The van der Waals surface area contributed by atoms with Crippen LogP contribution in [-0.4, -0.2) is 0 Å². The molecule has 0 saturated heterocycles. The van der Waals surface area contributed by atoms with E-state index in [0.29, 0.717) is 11.1 Å². The van der Waals surface area contributed by atoms with Crippen LogP contribution in [-0.2, 0) is 4.57 Å². The lowest BCUT2D eigenvalue weighted by Gasteiger charge is -2.34. The molecule has 0 fully saturated rings. The van der Waals surface area contributed by atoms with Crippen molar-refractivity contribution in [3.8, 4) is 0 Å². The topological polar surface area (TPSA) is 49.8 Å². The third-order valence-corrected chi connectivity index (χ3v) is 11.1. The van der Waals surface area contributed by atoms with Crippen LogP contribution in [0.15, 0.2) is 143 Å². The molecule has 6 heteroatoms. The van der Waals surface area contributed by atoms with Gasteiger partial charge in [0.2, 0.25) is 0 Å². The first-order chi connectivity index (χ1) is 21.1. The molecule has 0 N–H and O–H groups in total. The number of benzene rings is 5. The van der Waals surface area contributed by atoms with E-state index in [1.807, 2.05) is 138 Å². The molecule has 43 heavy (non-hydrogen) atoms. The van der Waals surface area contributed by atoms with E-state index in [9.17, 15) is 0 Å². The molecular weight excluding hydrogens is 551 g/mol. The van der Waals surface area contributed by atoms with Gasteiger partial charge in [-0.25, -0.2) is 0 Å². The molecule has 1 unspecified atom stereocenters. The average molecular weight is 579 g/mol. The Kier molecular flexibility index (Phi) is 5.72. The first-order valence-electron chi connectivity index (χ1n) is 14.2. The number of rotatable bonds is 5. The zero-order valence-electron chi connectivity index (χ0n) is 23.5. The van der Waals surface area contributed by atoms with E-state index in [-0.39, 0.29) is 0 Å². The highest BCUT2D eigenvalue weighted by atomic mass is 31.2. The fraction of sp³-hybridized carbons (Fsp3) is 0.0270. The summed E-state index contributed by atoms with van der Waals surface area (Å²) in [7, 11) is -3.65. The summed E-state index contributed by atoms with van der Waals surface area (Å²) in [6.07, 6.45) is 3.75. The fourth-order valence-corrected chi connectivity index (χ4v) is 9.48. The molecular formula is C37H27N2O3P. The van der Waals surface area contributed by atoms with Crippen LogP contribution in [0.4, 0.5) is 17.1 Å². The zero-order chi connectivity index (χ0) is 29.1. The van der Waals surface area contributed by atoms with Crippen molar-refractivity contribution in [3.05, 3.63) is 145 Å².